The predicted molar refractivity (Wildman–Crippen MR) is 81.4 cm³/mol. The lowest BCUT2D eigenvalue weighted by molar-refractivity contribution is -0.130. The van der Waals surface area contributed by atoms with Crippen LogP contribution in [-0.4, -0.2) is 5.97 Å². The monoisotopic (exact) mass is 306 g/mol. The molecule has 0 aliphatic heterocycles. The van der Waals surface area contributed by atoms with Gasteiger partial charge >= 0.3 is 5.97 Å². The highest BCUT2D eigenvalue weighted by Gasteiger charge is 2.10. The second-order valence-electron chi connectivity index (χ2n) is 4.25. The first-order valence-corrected chi connectivity index (χ1v) is 6.70. The number of ether oxygens (including phenoxy) is 1. The molecular weight excluding hydrogens is 295 g/mol. The molecular formula is C16H12Cl2O2. The molecule has 2 rings (SSSR count). The van der Waals surface area contributed by atoms with Gasteiger partial charge in [0.25, 0.3) is 0 Å². The summed E-state index contributed by atoms with van der Waals surface area (Å²) in [6.07, 6.45) is 0.420. The van der Waals surface area contributed by atoms with E-state index in [0.717, 1.165) is 5.56 Å². The number of benzene rings is 2. The minimum atomic E-state index is -0.456. The summed E-state index contributed by atoms with van der Waals surface area (Å²) < 4.78 is 5.20. The summed E-state index contributed by atoms with van der Waals surface area (Å²) in [6, 6.07) is 13.8. The van der Waals surface area contributed by atoms with Gasteiger partial charge in [0, 0.05) is 22.0 Å². The van der Waals surface area contributed by atoms with Crippen LogP contribution in [0, 0.1) is 0 Å². The quantitative estimate of drug-likeness (QED) is 0.465. The number of rotatable bonds is 4. The van der Waals surface area contributed by atoms with Crippen molar-refractivity contribution in [2.24, 2.45) is 0 Å². The Morgan fingerprint density at radius 1 is 0.950 bits per heavy atom. The third-order valence-electron chi connectivity index (χ3n) is 2.64. The summed E-state index contributed by atoms with van der Waals surface area (Å²) in [6.45, 7) is 3.75. The second kappa shape index (κ2) is 6.60. The molecule has 0 atom stereocenters. The van der Waals surface area contributed by atoms with E-state index >= 15 is 0 Å². The lowest BCUT2D eigenvalue weighted by atomic mass is 10.1. The van der Waals surface area contributed by atoms with E-state index in [4.69, 9.17) is 27.9 Å². The summed E-state index contributed by atoms with van der Waals surface area (Å²) in [7, 11) is 0. The second-order valence-corrected chi connectivity index (χ2v) is 5.12. The Bertz CT molecular complexity index is 558. The first-order chi connectivity index (χ1) is 9.54. The molecule has 2 nitrogen and oxygen atoms in total. The predicted octanol–water partition coefficient (Wildman–Crippen LogP) is 4.70. The van der Waals surface area contributed by atoms with Crippen molar-refractivity contribution in [1.82, 2.24) is 0 Å². The molecule has 0 fully saturated rings. The van der Waals surface area contributed by atoms with E-state index in [-0.39, 0.29) is 0 Å². The molecule has 0 aliphatic carbocycles. The molecule has 0 unspecified atom stereocenters. The van der Waals surface area contributed by atoms with Crippen LogP contribution in [0.3, 0.4) is 0 Å². The number of carbonyl (C=O) groups excluding carboxylic acids is 1. The fourth-order valence-corrected chi connectivity index (χ4v) is 1.85. The zero-order chi connectivity index (χ0) is 14.5. The SMILES string of the molecule is C=C(Cc1ccc(Cl)cc1)C(=O)Oc1ccc(Cl)cc1. The number of hydrogen-bond donors (Lipinski definition) is 0. The summed E-state index contributed by atoms with van der Waals surface area (Å²) in [5.74, 6) is -0.0149. The van der Waals surface area contributed by atoms with Crippen molar-refractivity contribution in [3.8, 4) is 5.75 Å². The lowest BCUT2D eigenvalue weighted by Crippen LogP contribution is -2.12. The summed E-state index contributed by atoms with van der Waals surface area (Å²) >= 11 is 11.6. The van der Waals surface area contributed by atoms with Crippen LogP contribution in [0.1, 0.15) is 5.56 Å². The number of halogens is 2. The molecule has 0 aliphatic rings. The van der Waals surface area contributed by atoms with Crippen LogP contribution in [0.15, 0.2) is 60.7 Å². The Labute approximate surface area is 127 Å². The molecule has 0 spiro atoms. The first-order valence-electron chi connectivity index (χ1n) is 5.94. The van der Waals surface area contributed by atoms with Gasteiger partial charge in [-0.3, -0.25) is 0 Å². The molecule has 0 N–H and O–H groups in total. The lowest BCUT2D eigenvalue weighted by Gasteiger charge is -2.07. The van der Waals surface area contributed by atoms with Crippen LogP contribution in [0.25, 0.3) is 0 Å². The highest BCUT2D eigenvalue weighted by molar-refractivity contribution is 6.30. The highest BCUT2D eigenvalue weighted by atomic mass is 35.5. The maximum Gasteiger partial charge on any atom is 0.339 e. The van der Waals surface area contributed by atoms with Crippen molar-refractivity contribution in [3.63, 3.8) is 0 Å². The van der Waals surface area contributed by atoms with E-state index in [2.05, 4.69) is 6.58 Å². The van der Waals surface area contributed by atoms with E-state index in [1.165, 1.54) is 0 Å². The van der Waals surface area contributed by atoms with Gasteiger partial charge in [0.2, 0.25) is 0 Å². The first kappa shape index (κ1) is 14.6. The molecule has 0 heterocycles. The highest BCUT2D eigenvalue weighted by Crippen LogP contribution is 2.18. The van der Waals surface area contributed by atoms with Crippen LogP contribution in [0.2, 0.25) is 10.0 Å². The molecule has 20 heavy (non-hydrogen) atoms. The summed E-state index contributed by atoms with van der Waals surface area (Å²) in [5.41, 5.74) is 1.33. The Kier molecular flexibility index (Phi) is 4.83. The van der Waals surface area contributed by atoms with Gasteiger partial charge in [-0.05, 0) is 42.0 Å². The van der Waals surface area contributed by atoms with E-state index in [0.29, 0.717) is 27.8 Å². The number of esters is 1. The van der Waals surface area contributed by atoms with Crippen molar-refractivity contribution in [2.45, 2.75) is 6.42 Å². The van der Waals surface area contributed by atoms with Crippen molar-refractivity contribution in [1.29, 1.82) is 0 Å². The molecule has 0 aromatic heterocycles. The van der Waals surface area contributed by atoms with E-state index in [9.17, 15) is 4.79 Å². The molecule has 4 heteroatoms. The standard InChI is InChI=1S/C16H12Cl2O2/c1-11(10-12-2-4-13(17)5-3-12)16(19)20-15-8-6-14(18)7-9-15/h2-9H,1,10H2. The van der Waals surface area contributed by atoms with Crippen molar-refractivity contribution >= 4 is 29.2 Å². The molecule has 0 amide bonds. The fraction of sp³-hybridized carbons (Fsp3) is 0.0625. The maximum atomic E-state index is 11.9. The zero-order valence-electron chi connectivity index (χ0n) is 10.6. The molecule has 2 aromatic rings. The maximum absolute atomic E-state index is 11.9. The van der Waals surface area contributed by atoms with Crippen LogP contribution in [-0.2, 0) is 11.2 Å². The van der Waals surface area contributed by atoms with Gasteiger partial charge in [0.15, 0.2) is 0 Å². The average Bonchev–Trinajstić information content (AvgIpc) is 2.44. The Morgan fingerprint density at radius 2 is 1.45 bits per heavy atom. The van der Waals surface area contributed by atoms with E-state index in [1.54, 1.807) is 36.4 Å². The molecule has 2 aromatic carbocycles. The zero-order valence-corrected chi connectivity index (χ0v) is 12.1. The third kappa shape index (κ3) is 4.12. The van der Waals surface area contributed by atoms with Crippen molar-refractivity contribution < 1.29 is 9.53 Å². The Balaban J connectivity index is 1.96. The topological polar surface area (TPSA) is 26.3 Å². The van der Waals surface area contributed by atoms with Gasteiger partial charge in [0.1, 0.15) is 5.75 Å². The number of hydrogen-bond acceptors (Lipinski definition) is 2. The largest absolute Gasteiger partial charge is 0.423 e. The van der Waals surface area contributed by atoms with Crippen LogP contribution < -0.4 is 4.74 Å². The number of carbonyl (C=O) groups is 1. The average molecular weight is 307 g/mol. The van der Waals surface area contributed by atoms with E-state index in [1.807, 2.05) is 12.1 Å². The summed E-state index contributed by atoms with van der Waals surface area (Å²) in [5, 5.41) is 1.24. The Morgan fingerprint density at radius 3 is 2.00 bits per heavy atom. The van der Waals surface area contributed by atoms with Crippen LogP contribution >= 0.6 is 23.2 Å². The normalized spacial score (nSPS) is 10.1. The Hall–Kier alpha value is -1.77. The summed E-state index contributed by atoms with van der Waals surface area (Å²) in [4.78, 5) is 11.9. The molecule has 0 radical (unpaired) electrons. The van der Waals surface area contributed by atoms with E-state index < -0.39 is 5.97 Å². The van der Waals surface area contributed by atoms with Gasteiger partial charge in [-0.2, -0.15) is 0 Å². The minimum absolute atomic E-state index is 0.377. The molecule has 0 saturated carbocycles. The van der Waals surface area contributed by atoms with Gasteiger partial charge in [0.05, 0.1) is 0 Å². The molecule has 0 bridgehead atoms. The van der Waals surface area contributed by atoms with Gasteiger partial charge in [-0.1, -0.05) is 41.9 Å². The van der Waals surface area contributed by atoms with Gasteiger partial charge in [-0.15, -0.1) is 0 Å². The third-order valence-corrected chi connectivity index (χ3v) is 3.15. The van der Waals surface area contributed by atoms with Gasteiger partial charge in [-0.25, -0.2) is 4.79 Å². The van der Waals surface area contributed by atoms with Crippen LogP contribution in [0.5, 0.6) is 5.75 Å². The minimum Gasteiger partial charge on any atom is -0.423 e. The van der Waals surface area contributed by atoms with Crippen molar-refractivity contribution in [2.75, 3.05) is 0 Å². The van der Waals surface area contributed by atoms with Crippen molar-refractivity contribution in [3.05, 3.63) is 76.3 Å². The van der Waals surface area contributed by atoms with Crippen LogP contribution in [0.4, 0.5) is 0 Å². The molecule has 102 valence electrons. The molecule has 0 saturated heterocycles. The smallest absolute Gasteiger partial charge is 0.339 e. The van der Waals surface area contributed by atoms with Gasteiger partial charge < -0.3 is 4.74 Å². The fourth-order valence-electron chi connectivity index (χ4n) is 1.60.